The maximum absolute atomic E-state index is 13.6. The lowest BCUT2D eigenvalue weighted by Crippen LogP contribution is -2.06. The number of nitrogens with zero attached hydrogens (tertiary/aromatic N) is 1. The number of rotatable bonds is 5. The first kappa shape index (κ1) is 14.1. The first-order valence-corrected chi connectivity index (χ1v) is 6.55. The summed E-state index contributed by atoms with van der Waals surface area (Å²) >= 11 is 0. The largest absolute Gasteiger partial charge is 0.493 e. The fourth-order valence-electron chi connectivity index (χ4n) is 2.05. The Kier molecular flexibility index (Phi) is 4.73. The van der Waals surface area contributed by atoms with Crippen LogP contribution >= 0.6 is 0 Å². The van der Waals surface area contributed by atoms with Crippen molar-refractivity contribution in [3.05, 3.63) is 65.5 Å². The molecule has 0 saturated carbocycles. The van der Waals surface area contributed by atoms with Crippen LogP contribution in [-0.4, -0.2) is 6.61 Å². The first-order chi connectivity index (χ1) is 9.72. The van der Waals surface area contributed by atoms with E-state index >= 15 is 0 Å². The van der Waals surface area contributed by atoms with Gasteiger partial charge in [-0.2, -0.15) is 5.26 Å². The summed E-state index contributed by atoms with van der Waals surface area (Å²) in [5.74, 6) is -0.0205. The predicted octanol–water partition coefficient (Wildman–Crippen LogP) is 4.21. The van der Waals surface area contributed by atoms with Gasteiger partial charge in [0.05, 0.1) is 18.6 Å². The van der Waals surface area contributed by atoms with Crippen LogP contribution in [0.25, 0.3) is 0 Å². The third-order valence-corrected chi connectivity index (χ3v) is 3.19. The van der Waals surface area contributed by atoms with Gasteiger partial charge >= 0.3 is 0 Å². The molecule has 2 aromatic rings. The Morgan fingerprint density at radius 3 is 2.55 bits per heavy atom. The molecule has 1 atom stereocenters. The van der Waals surface area contributed by atoms with Crippen LogP contribution < -0.4 is 4.74 Å². The Labute approximate surface area is 118 Å². The zero-order valence-corrected chi connectivity index (χ0v) is 11.3. The summed E-state index contributed by atoms with van der Waals surface area (Å²) in [7, 11) is 0. The van der Waals surface area contributed by atoms with Gasteiger partial charge in [0.1, 0.15) is 11.6 Å². The van der Waals surface area contributed by atoms with Crippen LogP contribution in [0.2, 0.25) is 0 Å². The lowest BCUT2D eigenvalue weighted by molar-refractivity contribution is 0.303. The van der Waals surface area contributed by atoms with Gasteiger partial charge in [-0.25, -0.2) is 4.39 Å². The number of para-hydroxylation sites is 1. The lowest BCUT2D eigenvalue weighted by atomic mass is 9.97. The van der Waals surface area contributed by atoms with Crippen molar-refractivity contribution >= 4 is 0 Å². The molecule has 0 aliphatic rings. The Hall–Kier alpha value is -2.34. The van der Waals surface area contributed by atoms with Crippen molar-refractivity contribution in [1.82, 2.24) is 0 Å². The highest BCUT2D eigenvalue weighted by molar-refractivity contribution is 5.32. The van der Waals surface area contributed by atoms with E-state index in [1.807, 2.05) is 31.2 Å². The smallest absolute Gasteiger partial charge is 0.127 e. The molecule has 0 aromatic heterocycles. The zero-order valence-electron chi connectivity index (χ0n) is 11.3. The second-order valence-corrected chi connectivity index (χ2v) is 4.61. The molecule has 102 valence electrons. The van der Waals surface area contributed by atoms with E-state index in [1.165, 1.54) is 6.07 Å². The Morgan fingerprint density at radius 1 is 1.15 bits per heavy atom. The predicted molar refractivity (Wildman–Crippen MR) is 76.0 cm³/mol. The molecule has 0 radical (unpaired) electrons. The van der Waals surface area contributed by atoms with Gasteiger partial charge in [-0.1, -0.05) is 36.4 Å². The fraction of sp³-hybridized carbons (Fsp3) is 0.235. The molecule has 0 aliphatic carbocycles. The lowest BCUT2D eigenvalue weighted by Gasteiger charge is -2.12. The summed E-state index contributed by atoms with van der Waals surface area (Å²) in [5, 5.41) is 9.18. The maximum atomic E-state index is 13.6. The summed E-state index contributed by atoms with van der Waals surface area (Å²) in [6.07, 6.45) is 0.464. The highest BCUT2D eigenvalue weighted by Crippen LogP contribution is 2.23. The van der Waals surface area contributed by atoms with E-state index in [1.54, 1.807) is 18.2 Å². The summed E-state index contributed by atoms with van der Waals surface area (Å²) in [4.78, 5) is 0. The molecule has 0 bridgehead atoms. The Bertz CT molecular complexity index is 618. The molecule has 20 heavy (non-hydrogen) atoms. The molecule has 0 saturated heterocycles. The summed E-state index contributed by atoms with van der Waals surface area (Å²) in [6.45, 7) is 2.35. The highest BCUT2D eigenvalue weighted by atomic mass is 19.1. The number of aryl methyl sites for hydroxylation is 1. The van der Waals surface area contributed by atoms with Gasteiger partial charge in [0.15, 0.2) is 0 Å². The quantitative estimate of drug-likeness (QED) is 0.814. The normalized spacial score (nSPS) is 11.7. The molecule has 2 nitrogen and oxygen atoms in total. The topological polar surface area (TPSA) is 33.0 Å². The molecule has 0 heterocycles. The van der Waals surface area contributed by atoms with Crippen LogP contribution in [-0.2, 0) is 0 Å². The molecule has 2 aromatic carbocycles. The number of halogens is 1. The summed E-state index contributed by atoms with van der Waals surface area (Å²) in [5.41, 5.74) is 1.48. The van der Waals surface area contributed by atoms with Crippen molar-refractivity contribution in [2.75, 3.05) is 6.61 Å². The Morgan fingerprint density at radius 2 is 1.85 bits per heavy atom. The molecular weight excluding hydrogens is 253 g/mol. The maximum Gasteiger partial charge on any atom is 0.127 e. The van der Waals surface area contributed by atoms with E-state index in [4.69, 9.17) is 4.74 Å². The number of ether oxygens (including phenoxy) is 1. The number of hydrogen-bond acceptors (Lipinski definition) is 2. The van der Waals surface area contributed by atoms with Gasteiger partial charge < -0.3 is 4.74 Å². The monoisotopic (exact) mass is 269 g/mol. The van der Waals surface area contributed by atoms with Crippen LogP contribution in [0, 0.1) is 24.1 Å². The number of benzene rings is 2. The van der Waals surface area contributed by atoms with Crippen LogP contribution in [0.3, 0.4) is 0 Å². The molecule has 3 heteroatoms. The van der Waals surface area contributed by atoms with Crippen molar-refractivity contribution in [2.24, 2.45) is 0 Å². The summed E-state index contributed by atoms with van der Waals surface area (Å²) < 4.78 is 19.3. The molecule has 1 unspecified atom stereocenters. The van der Waals surface area contributed by atoms with Crippen molar-refractivity contribution in [3.8, 4) is 11.8 Å². The molecule has 0 amide bonds. The first-order valence-electron chi connectivity index (χ1n) is 6.55. The molecular formula is C17H16FNO. The van der Waals surface area contributed by atoms with Gasteiger partial charge in [0, 0.05) is 12.0 Å². The van der Waals surface area contributed by atoms with Crippen LogP contribution in [0.15, 0.2) is 48.5 Å². The SMILES string of the molecule is Cc1ccccc1OCCC(C#N)c1ccccc1F. The third kappa shape index (κ3) is 3.36. The Balaban J connectivity index is 1.98. The average molecular weight is 269 g/mol. The fourth-order valence-corrected chi connectivity index (χ4v) is 2.05. The van der Waals surface area contributed by atoms with Crippen LogP contribution in [0.1, 0.15) is 23.5 Å². The van der Waals surface area contributed by atoms with E-state index in [2.05, 4.69) is 6.07 Å². The minimum absolute atomic E-state index is 0.338. The van der Waals surface area contributed by atoms with E-state index < -0.39 is 5.92 Å². The molecule has 0 spiro atoms. The minimum Gasteiger partial charge on any atom is -0.493 e. The van der Waals surface area contributed by atoms with Gasteiger partial charge in [-0.05, 0) is 24.6 Å². The summed E-state index contributed by atoms with van der Waals surface area (Å²) in [6, 6.07) is 16.2. The standard InChI is InChI=1S/C17H16FNO/c1-13-6-2-5-9-17(13)20-11-10-14(12-19)15-7-3-4-8-16(15)18/h2-9,14H,10-11H2,1H3. The van der Waals surface area contributed by atoms with Gasteiger partial charge in [-0.3, -0.25) is 0 Å². The number of nitriles is 1. The second kappa shape index (κ2) is 6.72. The third-order valence-electron chi connectivity index (χ3n) is 3.19. The number of hydrogen-bond donors (Lipinski definition) is 0. The van der Waals surface area contributed by atoms with Crippen molar-refractivity contribution in [1.29, 1.82) is 5.26 Å². The molecule has 2 rings (SSSR count). The van der Waals surface area contributed by atoms with Gasteiger partial charge in [-0.15, -0.1) is 0 Å². The highest BCUT2D eigenvalue weighted by Gasteiger charge is 2.14. The molecule has 0 fully saturated rings. The van der Waals surface area contributed by atoms with Crippen molar-refractivity contribution < 1.29 is 9.13 Å². The van der Waals surface area contributed by atoms with E-state index in [0.717, 1.165) is 11.3 Å². The van der Waals surface area contributed by atoms with E-state index in [0.29, 0.717) is 18.6 Å². The van der Waals surface area contributed by atoms with Gasteiger partial charge in [0.25, 0.3) is 0 Å². The average Bonchev–Trinajstić information content (AvgIpc) is 2.46. The van der Waals surface area contributed by atoms with E-state index in [-0.39, 0.29) is 5.82 Å². The van der Waals surface area contributed by atoms with Crippen LogP contribution in [0.5, 0.6) is 5.75 Å². The van der Waals surface area contributed by atoms with Crippen LogP contribution in [0.4, 0.5) is 4.39 Å². The minimum atomic E-state index is -0.486. The van der Waals surface area contributed by atoms with Crippen molar-refractivity contribution in [3.63, 3.8) is 0 Å². The second-order valence-electron chi connectivity index (χ2n) is 4.61. The van der Waals surface area contributed by atoms with E-state index in [9.17, 15) is 9.65 Å². The molecule has 0 N–H and O–H groups in total. The molecule has 0 aliphatic heterocycles. The zero-order chi connectivity index (χ0) is 14.4. The van der Waals surface area contributed by atoms with Crippen molar-refractivity contribution in [2.45, 2.75) is 19.3 Å². The van der Waals surface area contributed by atoms with Gasteiger partial charge in [0.2, 0.25) is 0 Å².